The first-order chi connectivity index (χ1) is 9.97. The topological polar surface area (TPSA) is 72.2 Å². The van der Waals surface area contributed by atoms with Gasteiger partial charge in [0.15, 0.2) is 0 Å². The van der Waals surface area contributed by atoms with Crippen molar-refractivity contribution in [3.05, 3.63) is 39.7 Å². The Bertz CT molecular complexity index is 520. The van der Waals surface area contributed by atoms with E-state index in [9.17, 15) is 19.3 Å². The smallest absolute Gasteiger partial charge is 0.305 e. The van der Waals surface area contributed by atoms with E-state index >= 15 is 0 Å². The Balaban J connectivity index is 0.00000106. The van der Waals surface area contributed by atoms with Gasteiger partial charge in [-0.2, -0.15) is 4.39 Å². The van der Waals surface area contributed by atoms with Crippen LogP contribution in [0.25, 0.3) is 0 Å². The molecule has 0 spiro atoms. The first kappa shape index (κ1) is 17.1. The van der Waals surface area contributed by atoms with Crippen molar-refractivity contribution < 1.29 is 14.1 Å². The molecule has 0 aliphatic heterocycles. The molecule has 2 unspecified atom stereocenters. The van der Waals surface area contributed by atoms with E-state index in [1.165, 1.54) is 6.07 Å². The Kier molecular flexibility index (Phi) is 6.27. The quantitative estimate of drug-likeness (QED) is 0.683. The number of carbonyl (C=O) groups excluding carboxylic acids is 1. The van der Waals surface area contributed by atoms with Gasteiger partial charge in [-0.15, -0.1) is 0 Å². The van der Waals surface area contributed by atoms with E-state index in [1.807, 2.05) is 13.8 Å². The number of benzene rings is 1. The van der Waals surface area contributed by atoms with Crippen molar-refractivity contribution in [2.75, 3.05) is 0 Å². The van der Waals surface area contributed by atoms with Crippen LogP contribution in [-0.2, 0) is 0 Å². The number of halogens is 1. The van der Waals surface area contributed by atoms with Crippen LogP contribution >= 0.6 is 0 Å². The Hall–Kier alpha value is -1.98. The standard InChI is InChI=1S/C13H15FN2O3.C2H6/c1-8-2-4-10(6-8)15-13(17)9-3-5-11(14)12(7-9)16(18)19;1-2/h3,5,7-8,10H,2,4,6H2,1H3,(H,15,17);1-2H3. The summed E-state index contributed by atoms with van der Waals surface area (Å²) in [5.41, 5.74) is -0.555. The summed E-state index contributed by atoms with van der Waals surface area (Å²) in [5.74, 6) is -0.744. The van der Waals surface area contributed by atoms with Crippen molar-refractivity contribution in [2.24, 2.45) is 5.92 Å². The fraction of sp³-hybridized carbons (Fsp3) is 0.533. The average Bonchev–Trinajstić information content (AvgIpc) is 2.86. The first-order valence-electron chi connectivity index (χ1n) is 7.22. The maximum Gasteiger partial charge on any atom is 0.305 e. The number of amides is 1. The van der Waals surface area contributed by atoms with E-state index in [2.05, 4.69) is 12.2 Å². The van der Waals surface area contributed by atoms with Gasteiger partial charge in [-0.1, -0.05) is 20.8 Å². The van der Waals surface area contributed by atoms with Gasteiger partial charge in [0.05, 0.1) is 4.92 Å². The normalized spacial score (nSPS) is 20.4. The van der Waals surface area contributed by atoms with Gasteiger partial charge >= 0.3 is 5.69 Å². The van der Waals surface area contributed by atoms with Crippen molar-refractivity contribution in [3.8, 4) is 0 Å². The molecule has 1 aromatic rings. The Morgan fingerprint density at radius 1 is 1.38 bits per heavy atom. The zero-order valence-electron chi connectivity index (χ0n) is 12.6. The number of nitro groups is 1. The van der Waals surface area contributed by atoms with Crippen molar-refractivity contribution in [2.45, 2.75) is 46.1 Å². The molecule has 0 aromatic heterocycles. The molecule has 1 amide bonds. The minimum Gasteiger partial charge on any atom is -0.349 e. The summed E-state index contributed by atoms with van der Waals surface area (Å²) in [6.07, 6.45) is 2.89. The van der Waals surface area contributed by atoms with E-state index in [0.717, 1.165) is 31.4 Å². The molecular formula is C15H21FN2O3. The van der Waals surface area contributed by atoms with Gasteiger partial charge in [-0.25, -0.2) is 0 Å². The molecule has 0 saturated heterocycles. The average molecular weight is 296 g/mol. The second-order valence-electron chi connectivity index (χ2n) is 5.01. The molecule has 0 bridgehead atoms. The summed E-state index contributed by atoms with van der Waals surface area (Å²) < 4.78 is 13.2. The molecule has 1 saturated carbocycles. The van der Waals surface area contributed by atoms with Crippen LogP contribution in [0.3, 0.4) is 0 Å². The molecule has 1 fully saturated rings. The maximum atomic E-state index is 13.2. The summed E-state index contributed by atoms with van der Waals surface area (Å²) in [5, 5.41) is 13.4. The lowest BCUT2D eigenvalue weighted by molar-refractivity contribution is -0.387. The van der Waals surface area contributed by atoms with Gasteiger partial charge in [0.2, 0.25) is 5.82 Å². The summed E-state index contributed by atoms with van der Waals surface area (Å²) in [6.45, 7) is 6.12. The van der Waals surface area contributed by atoms with Gasteiger partial charge in [0, 0.05) is 17.7 Å². The molecule has 116 valence electrons. The van der Waals surface area contributed by atoms with Crippen LogP contribution < -0.4 is 5.32 Å². The third-order valence-electron chi connectivity index (χ3n) is 3.44. The second kappa shape index (κ2) is 7.71. The lowest BCUT2D eigenvalue weighted by Crippen LogP contribution is -2.32. The van der Waals surface area contributed by atoms with Gasteiger partial charge in [-0.3, -0.25) is 14.9 Å². The fourth-order valence-corrected chi connectivity index (χ4v) is 2.40. The second-order valence-corrected chi connectivity index (χ2v) is 5.01. The molecular weight excluding hydrogens is 275 g/mol. The third kappa shape index (κ3) is 4.51. The molecule has 0 radical (unpaired) electrons. The van der Waals surface area contributed by atoms with E-state index in [1.54, 1.807) is 0 Å². The lowest BCUT2D eigenvalue weighted by Gasteiger charge is -2.12. The van der Waals surface area contributed by atoms with Gasteiger partial charge in [0.1, 0.15) is 0 Å². The van der Waals surface area contributed by atoms with Crippen LogP contribution in [0.2, 0.25) is 0 Å². The molecule has 21 heavy (non-hydrogen) atoms. The SMILES string of the molecule is CC.CC1CCC(NC(=O)c2ccc(F)c([N+](=O)[O-])c2)C1. The number of carbonyl (C=O) groups is 1. The molecule has 0 heterocycles. The van der Waals surface area contributed by atoms with Crippen LogP contribution in [-0.4, -0.2) is 16.9 Å². The van der Waals surface area contributed by atoms with Crippen LogP contribution in [0.5, 0.6) is 0 Å². The molecule has 2 rings (SSSR count). The maximum absolute atomic E-state index is 13.2. The van der Waals surface area contributed by atoms with Crippen molar-refractivity contribution in [3.63, 3.8) is 0 Å². The molecule has 1 aromatic carbocycles. The number of hydrogen-bond donors (Lipinski definition) is 1. The van der Waals surface area contributed by atoms with Crippen molar-refractivity contribution in [1.29, 1.82) is 0 Å². The largest absolute Gasteiger partial charge is 0.349 e. The molecule has 5 nitrogen and oxygen atoms in total. The zero-order valence-corrected chi connectivity index (χ0v) is 12.6. The number of nitro benzene ring substituents is 1. The monoisotopic (exact) mass is 296 g/mol. The van der Waals surface area contributed by atoms with Gasteiger partial charge < -0.3 is 5.32 Å². The van der Waals surface area contributed by atoms with Gasteiger partial charge in [0.25, 0.3) is 5.91 Å². The van der Waals surface area contributed by atoms with Crippen molar-refractivity contribution in [1.82, 2.24) is 5.32 Å². The molecule has 6 heteroatoms. The van der Waals surface area contributed by atoms with E-state index in [4.69, 9.17) is 0 Å². The highest BCUT2D eigenvalue weighted by Gasteiger charge is 2.24. The van der Waals surface area contributed by atoms with E-state index in [0.29, 0.717) is 5.92 Å². The van der Waals surface area contributed by atoms with Gasteiger partial charge in [-0.05, 0) is 37.3 Å². The number of hydrogen-bond acceptors (Lipinski definition) is 3. The first-order valence-corrected chi connectivity index (χ1v) is 7.22. The highest BCUT2D eigenvalue weighted by Crippen LogP contribution is 2.25. The minimum absolute atomic E-state index is 0.103. The van der Waals surface area contributed by atoms with Crippen molar-refractivity contribution >= 4 is 11.6 Å². The van der Waals surface area contributed by atoms with Crippen LogP contribution in [0.4, 0.5) is 10.1 Å². The van der Waals surface area contributed by atoms with E-state index < -0.39 is 16.4 Å². The molecule has 2 atom stereocenters. The highest BCUT2D eigenvalue weighted by atomic mass is 19.1. The number of rotatable bonds is 3. The van der Waals surface area contributed by atoms with Crippen LogP contribution in [0.15, 0.2) is 18.2 Å². The fourth-order valence-electron chi connectivity index (χ4n) is 2.40. The summed E-state index contributed by atoms with van der Waals surface area (Å²) in [4.78, 5) is 21.7. The Morgan fingerprint density at radius 3 is 2.57 bits per heavy atom. The van der Waals surface area contributed by atoms with E-state index in [-0.39, 0.29) is 17.5 Å². The third-order valence-corrected chi connectivity index (χ3v) is 3.44. The Morgan fingerprint density at radius 2 is 2.05 bits per heavy atom. The summed E-state index contributed by atoms with van der Waals surface area (Å²) in [7, 11) is 0. The number of nitrogens with one attached hydrogen (secondary N) is 1. The zero-order chi connectivity index (χ0) is 16.0. The molecule has 1 aliphatic carbocycles. The minimum atomic E-state index is -0.934. The predicted molar refractivity (Wildman–Crippen MR) is 78.7 cm³/mol. The molecule has 1 N–H and O–H groups in total. The predicted octanol–water partition coefficient (Wildman–Crippen LogP) is 3.68. The molecule has 1 aliphatic rings. The summed E-state index contributed by atoms with van der Waals surface area (Å²) in [6, 6.07) is 3.29. The number of nitrogens with zero attached hydrogens (tertiary/aromatic N) is 1. The highest BCUT2D eigenvalue weighted by molar-refractivity contribution is 5.95. The summed E-state index contributed by atoms with van der Waals surface area (Å²) >= 11 is 0. The van der Waals surface area contributed by atoms with Crippen LogP contribution in [0.1, 0.15) is 50.4 Å². The van der Waals surface area contributed by atoms with Crippen LogP contribution in [0, 0.1) is 21.8 Å². The Labute approximate surface area is 123 Å². The lowest BCUT2D eigenvalue weighted by atomic mass is 10.1.